The number of carbonyl (C=O) groups is 1. The standard InChI is InChI=1S/C14H13NO3/c1-10(15-18-9-14(16)17)12-8-4-6-11-5-2-3-7-13(11)12/h2-8H,9H2,1H3,(H,16,17)/b15-10-. The summed E-state index contributed by atoms with van der Waals surface area (Å²) in [5, 5.41) is 14.5. The molecule has 18 heavy (non-hydrogen) atoms. The van der Waals surface area contributed by atoms with Crippen LogP contribution in [-0.2, 0) is 9.63 Å². The molecule has 0 radical (unpaired) electrons. The number of carboxylic acids is 1. The first-order chi connectivity index (χ1) is 8.68. The van der Waals surface area contributed by atoms with E-state index in [1.54, 1.807) is 6.92 Å². The van der Waals surface area contributed by atoms with E-state index in [4.69, 9.17) is 9.94 Å². The van der Waals surface area contributed by atoms with Crippen molar-refractivity contribution in [3.05, 3.63) is 48.0 Å². The average Bonchev–Trinajstić information content (AvgIpc) is 2.37. The smallest absolute Gasteiger partial charge is 0.344 e. The van der Waals surface area contributed by atoms with Crippen LogP contribution in [0.2, 0.25) is 0 Å². The molecular formula is C14H13NO3. The summed E-state index contributed by atoms with van der Waals surface area (Å²) in [5.74, 6) is -1.04. The number of hydrogen-bond donors (Lipinski definition) is 1. The summed E-state index contributed by atoms with van der Waals surface area (Å²) in [7, 11) is 0. The van der Waals surface area contributed by atoms with Crippen molar-refractivity contribution in [3.8, 4) is 0 Å². The molecule has 0 spiro atoms. The number of hydrogen-bond acceptors (Lipinski definition) is 3. The van der Waals surface area contributed by atoms with Crippen LogP contribution in [0.5, 0.6) is 0 Å². The number of oxime groups is 1. The minimum absolute atomic E-state index is 0.428. The molecule has 0 saturated carbocycles. The molecule has 0 aliphatic carbocycles. The molecule has 0 aliphatic rings. The van der Waals surface area contributed by atoms with Gasteiger partial charge in [0.2, 0.25) is 6.61 Å². The molecule has 1 N–H and O–H groups in total. The molecule has 2 rings (SSSR count). The summed E-state index contributed by atoms with van der Waals surface area (Å²) in [6.07, 6.45) is 0. The molecule has 0 heterocycles. The summed E-state index contributed by atoms with van der Waals surface area (Å²) < 4.78 is 0. The van der Waals surface area contributed by atoms with E-state index in [2.05, 4.69) is 5.16 Å². The van der Waals surface area contributed by atoms with Crippen molar-refractivity contribution < 1.29 is 14.7 Å². The maximum atomic E-state index is 10.3. The maximum Gasteiger partial charge on any atom is 0.344 e. The number of benzene rings is 2. The Labute approximate surface area is 104 Å². The number of carboxylic acid groups (broad SMARTS) is 1. The zero-order chi connectivity index (χ0) is 13.0. The molecule has 0 aliphatic heterocycles. The zero-order valence-corrected chi connectivity index (χ0v) is 9.96. The quantitative estimate of drug-likeness (QED) is 0.663. The molecule has 0 fully saturated rings. The monoisotopic (exact) mass is 243 g/mol. The van der Waals surface area contributed by atoms with Gasteiger partial charge in [0.15, 0.2) is 0 Å². The summed E-state index contributed by atoms with van der Waals surface area (Å²) in [5.41, 5.74) is 1.60. The van der Waals surface area contributed by atoms with Crippen LogP contribution in [0.3, 0.4) is 0 Å². The number of aliphatic carboxylic acids is 1. The molecule has 4 nitrogen and oxygen atoms in total. The highest BCUT2D eigenvalue weighted by molar-refractivity contribution is 6.09. The molecule has 0 aromatic heterocycles. The van der Waals surface area contributed by atoms with Gasteiger partial charge in [-0.1, -0.05) is 47.6 Å². The number of rotatable bonds is 4. The molecule has 2 aromatic rings. The summed E-state index contributed by atoms with van der Waals surface area (Å²) in [6.45, 7) is 1.37. The highest BCUT2D eigenvalue weighted by Crippen LogP contribution is 2.19. The van der Waals surface area contributed by atoms with Crippen molar-refractivity contribution in [1.82, 2.24) is 0 Å². The fraction of sp³-hybridized carbons (Fsp3) is 0.143. The van der Waals surface area contributed by atoms with E-state index >= 15 is 0 Å². The number of nitrogens with zero attached hydrogens (tertiary/aromatic N) is 1. The Kier molecular flexibility index (Phi) is 3.57. The second kappa shape index (κ2) is 5.31. The van der Waals surface area contributed by atoms with Gasteiger partial charge in [0.05, 0.1) is 5.71 Å². The van der Waals surface area contributed by atoms with Gasteiger partial charge in [0, 0.05) is 5.56 Å². The van der Waals surface area contributed by atoms with Crippen LogP contribution in [0.15, 0.2) is 47.6 Å². The molecule has 2 aromatic carbocycles. The third-order valence-electron chi connectivity index (χ3n) is 2.57. The van der Waals surface area contributed by atoms with Crippen molar-refractivity contribution in [2.24, 2.45) is 5.16 Å². The Hall–Kier alpha value is -2.36. The van der Waals surface area contributed by atoms with Crippen molar-refractivity contribution in [2.45, 2.75) is 6.92 Å². The minimum Gasteiger partial charge on any atom is -0.479 e. The van der Waals surface area contributed by atoms with Crippen LogP contribution in [-0.4, -0.2) is 23.4 Å². The summed E-state index contributed by atoms with van der Waals surface area (Å²) >= 11 is 0. The molecule has 0 saturated heterocycles. The predicted octanol–water partition coefficient (Wildman–Crippen LogP) is 2.67. The normalized spacial score (nSPS) is 11.5. The van der Waals surface area contributed by atoms with E-state index in [-0.39, 0.29) is 0 Å². The molecule has 0 amide bonds. The summed E-state index contributed by atoms with van der Waals surface area (Å²) in [4.78, 5) is 15.1. The summed E-state index contributed by atoms with van der Waals surface area (Å²) in [6, 6.07) is 13.8. The third-order valence-corrected chi connectivity index (χ3v) is 2.57. The van der Waals surface area contributed by atoms with Crippen molar-refractivity contribution >= 4 is 22.5 Å². The van der Waals surface area contributed by atoms with Gasteiger partial charge in [0.25, 0.3) is 0 Å². The van der Waals surface area contributed by atoms with Crippen LogP contribution in [0.25, 0.3) is 10.8 Å². The van der Waals surface area contributed by atoms with Gasteiger partial charge >= 0.3 is 5.97 Å². The van der Waals surface area contributed by atoms with E-state index in [9.17, 15) is 4.79 Å². The SMILES string of the molecule is C/C(=N/OCC(=O)O)c1cccc2ccccc12. The lowest BCUT2D eigenvalue weighted by molar-refractivity contribution is -0.142. The van der Waals surface area contributed by atoms with Gasteiger partial charge in [-0.25, -0.2) is 4.79 Å². The molecule has 0 bridgehead atoms. The fourth-order valence-electron chi connectivity index (χ4n) is 1.77. The predicted molar refractivity (Wildman–Crippen MR) is 69.7 cm³/mol. The second-order valence-corrected chi connectivity index (χ2v) is 3.87. The van der Waals surface area contributed by atoms with Crippen molar-refractivity contribution in [1.29, 1.82) is 0 Å². The van der Waals surface area contributed by atoms with Crippen LogP contribution < -0.4 is 0 Å². The first-order valence-corrected chi connectivity index (χ1v) is 5.55. The van der Waals surface area contributed by atoms with E-state index in [1.165, 1.54) is 0 Å². The zero-order valence-electron chi connectivity index (χ0n) is 9.96. The van der Waals surface area contributed by atoms with E-state index in [0.717, 1.165) is 16.3 Å². The van der Waals surface area contributed by atoms with Crippen LogP contribution in [0.4, 0.5) is 0 Å². The van der Waals surface area contributed by atoms with Gasteiger partial charge in [-0.3, -0.25) is 0 Å². The largest absolute Gasteiger partial charge is 0.479 e. The topological polar surface area (TPSA) is 58.9 Å². The molecule has 4 heteroatoms. The molecule has 0 unspecified atom stereocenters. The van der Waals surface area contributed by atoms with Gasteiger partial charge in [-0.15, -0.1) is 0 Å². The van der Waals surface area contributed by atoms with Crippen LogP contribution >= 0.6 is 0 Å². The fourth-order valence-corrected chi connectivity index (χ4v) is 1.77. The average molecular weight is 243 g/mol. The Morgan fingerprint density at radius 1 is 1.22 bits per heavy atom. The lowest BCUT2D eigenvalue weighted by Gasteiger charge is -2.05. The Morgan fingerprint density at radius 3 is 2.72 bits per heavy atom. The lowest BCUT2D eigenvalue weighted by Crippen LogP contribution is -2.05. The molecular weight excluding hydrogens is 230 g/mol. The van der Waals surface area contributed by atoms with Gasteiger partial charge in [-0.2, -0.15) is 0 Å². The van der Waals surface area contributed by atoms with Gasteiger partial charge < -0.3 is 9.94 Å². The Morgan fingerprint density at radius 2 is 1.94 bits per heavy atom. The Bertz CT molecular complexity index is 600. The van der Waals surface area contributed by atoms with Crippen LogP contribution in [0, 0.1) is 0 Å². The molecule has 0 atom stereocenters. The molecule has 92 valence electrons. The van der Waals surface area contributed by atoms with Crippen LogP contribution in [0.1, 0.15) is 12.5 Å². The second-order valence-electron chi connectivity index (χ2n) is 3.87. The van der Waals surface area contributed by atoms with Crippen molar-refractivity contribution in [3.63, 3.8) is 0 Å². The van der Waals surface area contributed by atoms with E-state index < -0.39 is 12.6 Å². The number of fused-ring (bicyclic) bond motifs is 1. The third kappa shape index (κ3) is 2.66. The Balaban J connectivity index is 2.32. The highest BCUT2D eigenvalue weighted by atomic mass is 16.6. The van der Waals surface area contributed by atoms with Crippen molar-refractivity contribution in [2.75, 3.05) is 6.61 Å². The minimum atomic E-state index is -1.04. The first-order valence-electron chi connectivity index (χ1n) is 5.55. The first kappa shape index (κ1) is 12.1. The van der Waals surface area contributed by atoms with Gasteiger partial charge in [-0.05, 0) is 17.7 Å². The highest BCUT2D eigenvalue weighted by Gasteiger charge is 2.04. The van der Waals surface area contributed by atoms with E-state index in [1.807, 2.05) is 42.5 Å². The lowest BCUT2D eigenvalue weighted by atomic mass is 10.0. The van der Waals surface area contributed by atoms with Gasteiger partial charge in [0.1, 0.15) is 0 Å². The van der Waals surface area contributed by atoms with E-state index in [0.29, 0.717) is 5.71 Å². The maximum absolute atomic E-state index is 10.3.